The third-order valence-electron chi connectivity index (χ3n) is 5.68. The molecule has 0 aromatic heterocycles. The molecule has 0 N–H and O–H groups in total. The number of hydrogen-bond acceptors (Lipinski definition) is 9. The molecule has 16 heteroatoms. The monoisotopic (exact) mass is 1290 g/mol. The normalized spacial score (nSPS) is 11.2. The third kappa shape index (κ3) is 8.93. The van der Waals surface area contributed by atoms with Crippen LogP contribution in [0.1, 0.15) is 36.6 Å². The zero-order valence-electron chi connectivity index (χ0n) is 21.6. The van der Waals surface area contributed by atoms with Gasteiger partial charge in [0.15, 0.2) is 0 Å². The molecule has 0 spiro atoms. The second-order valence-electron chi connectivity index (χ2n) is 8.69. The van der Waals surface area contributed by atoms with Crippen molar-refractivity contribution in [1.82, 2.24) is 0 Å². The lowest BCUT2D eigenvalue weighted by molar-refractivity contribution is 0.0703. The molecule has 0 bridgehead atoms. The van der Waals surface area contributed by atoms with E-state index in [1.165, 1.54) is 24.3 Å². The summed E-state index contributed by atoms with van der Waals surface area (Å²) >= 11 is 11.7. The first-order chi connectivity index (χ1) is 20.5. The first kappa shape index (κ1) is 36.4. The number of carbonyl (C=O) groups excluding carboxylic acids is 3. The minimum Gasteiger partial charge on any atom is -0.744 e. The summed E-state index contributed by atoms with van der Waals surface area (Å²) in [5, 5.41) is 0. The van der Waals surface area contributed by atoms with Crippen molar-refractivity contribution in [1.29, 1.82) is 0 Å². The highest BCUT2D eigenvalue weighted by Crippen LogP contribution is 2.34. The average molecular weight is 1290 g/mol. The zero-order chi connectivity index (χ0) is 32.5. The van der Waals surface area contributed by atoms with Crippen molar-refractivity contribution >= 4 is 164 Å². The maximum atomic E-state index is 13.3. The van der Waals surface area contributed by atoms with Crippen molar-refractivity contribution < 1.29 is 41.6 Å². The van der Waals surface area contributed by atoms with E-state index in [0.717, 1.165) is 7.14 Å². The Bertz CT molecular complexity index is 1900. The van der Waals surface area contributed by atoms with Crippen LogP contribution in [0.5, 0.6) is 17.2 Å². The molecule has 0 amide bonds. The van der Waals surface area contributed by atoms with E-state index in [0.29, 0.717) is 12.7 Å². The molecule has 0 aliphatic carbocycles. The van der Waals surface area contributed by atoms with Crippen LogP contribution in [0.2, 0.25) is 0 Å². The average Bonchev–Trinajstić information content (AvgIpc) is 2.89. The Hall–Kier alpha value is -0.420. The first-order valence-corrected chi connectivity index (χ1v) is 19.6. The van der Waals surface area contributed by atoms with Crippen LogP contribution in [0.25, 0.3) is 0 Å². The van der Waals surface area contributed by atoms with Gasteiger partial charge in [-0.3, -0.25) is 0 Å². The molecule has 0 unspecified atom stereocenters. The van der Waals surface area contributed by atoms with Gasteiger partial charge < -0.3 is 18.8 Å². The van der Waals surface area contributed by atoms with E-state index in [1.54, 1.807) is 76.4 Å². The highest BCUT2D eigenvalue weighted by Gasteiger charge is 2.24. The minimum atomic E-state index is -4.76. The Morgan fingerprint density at radius 1 is 0.614 bits per heavy atom. The second-order valence-corrected chi connectivity index (χ2v) is 17.1. The SMILES string of the molecule is Cc1c(OC(=O)c2ccc(I)cc2)cc(C(=O)Oc2cc(I)c(S(=O)(=O)[O-])c(I)c2)cc1OC(=O)c1c(I)cc(I)cc1I. The molecule has 0 fully saturated rings. The lowest BCUT2D eigenvalue weighted by atomic mass is 10.1. The third-order valence-corrected chi connectivity index (χ3v) is 12.1. The number of benzene rings is 4. The van der Waals surface area contributed by atoms with Gasteiger partial charge in [-0.15, -0.1) is 0 Å². The zero-order valence-corrected chi connectivity index (χ0v) is 35.4. The van der Waals surface area contributed by atoms with Gasteiger partial charge in [-0.1, -0.05) is 0 Å². The summed E-state index contributed by atoms with van der Waals surface area (Å²) in [6, 6.07) is 15.3. The van der Waals surface area contributed by atoms with Gasteiger partial charge in [0.2, 0.25) is 0 Å². The summed E-state index contributed by atoms with van der Waals surface area (Å²) in [6.07, 6.45) is 0. The van der Waals surface area contributed by atoms with Gasteiger partial charge in [-0.25, -0.2) is 22.8 Å². The predicted octanol–water partition coefficient (Wildman–Crippen LogP) is 8.18. The number of hydrogen-bond donors (Lipinski definition) is 0. The molecule has 0 saturated heterocycles. The maximum absolute atomic E-state index is 13.3. The Balaban J connectivity index is 1.74. The molecule has 44 heavy (non-hydrogen) atoms. The first-order valence-electron chi connectivity index (χ1n) is 11.7. The number of ether oxygens (including phenoxy) is 3. The Labute approximate surface area is 333 Å². The molecule has 0 atom stereocenters. The summed E-state index contributed by atoms with van der Waals surface area (Å²) < 4.78 is 55.1. The van der Waals surface area contributed by atoms with E-state index in [-0.39, 0.29) is 41.1 Å². The Morgan fingerprint density at radius 3 is 1.59 bits per heavy atom. The molecule has 228 valence electrons. The number of carbonyl (C=O) groups is 3. The van der Waals surface area contributed by atoms with Gasteiger partial charge in [-0.05, 0) is 203 Å². The van der Waals surface area contributed by atoms with Crippen LogP contribution in [0.3, 0.4) is 0 Å². The Kier molecular flexibility index (Phi) is 12.6. The predicted molar refractivity (Wildman–Crippen MR) is 210 cm³/mol. The molecular formula is C28H13I6O9S-. The van der Waals surface area contributed by atoms with Gasteiger partial charge in [0.05, 0.1) is 21.6 Å². The second kappa shape index (κ2) is 15.2. The molecule has 0 aliphatic heterocycles. The summed E-state index contributed by atoms with van der Waals surface area (Å²) in [5.41, 5.74) is 0.741. The van der Waals surface area contributed by atoms with E-state index in [9.17, 15) is 27.4 Å². The quantitative estimate of drug-likeness (QED) is 0.0777. The van der Waals surface area contributed by atoms with Crippen LogP contribution in [0, 0.1) is 28.3 Å². The largest absolute Gasteiger partial charge is 0.744 e. The molecule has 9 nitrogen and oxygen atoms in total. The van der Waals surface area contributed by atoms with Crippen LogP contribution >= 0.6 is 136 Å². The molecule has 0 radical (unpaired) electrons. The fraction of sp³-hybridized carbons (Fsp3) is 0.0357. The van der Waals surface area contributed by atoms with E-state index < -0.39 is 32.9 Å². The molecular weight excluding hydrogens is 1270 g/mol. The van der Waals surface area contributed by atoms with Crippen LogP contribution in [0.4, 0.5) is 0 Å². The van der Waals surface area contributed by atoms with Gasteiger partial charge in [0.1, 0.15) is 27.4 Å². The molecule has 0 aliphatic rings. The van der Waals surface area contributed by atoms with Crippen LogP contribution in [0.15, 0.2) is 65.6 Å². The molecule has 4 aromatic carbocycles. The van der Waals surface area contributed by atoms with Gasteiger partial charge in [0, 0.05) is 27.0 Å². The number of esters is 3. The summed E-state index contributed by atoms with van der Waals surface area (Å²) in [7, 11) is -4.76. The number of rotatable bonds is 7. The fourth-order valence-electron chi connectivity index (χ4n) is 3.63. The van der Waals surface area contributed by atoms with Crippen molar-refractivity contribution in [2.45, 2.75) is 11.8 Å². The molecule has 4 rings (SSSR count). The van der Waals surface area contributed by atoms with Crippen molar-refractivity contribution in [3.05, 3.63) is 104 Å². The van der Waals surface area contributed by atoms with Crippen LogP contribution < -0.4 is 14.2 Å². The van der Waals surface area contributed by atoms with Gasteiger partial charge >= 0.3 is 17.9 Å². The number of halogens is 6. The highest BCUT2D eigenvalue weighted by molar-refractivity contribution is 14.1. The van der Waals surface area contributed by atoms with E-state index in [2.05, 4.69) is 45.2 Å². The van der Waals surface area contributed by atoms with Crippen molar-refractivity contribution in [3.63, 3.8) is 0 Å². The van der Waals surface area contributed by atoms with Gasteiger partial charge in [-0.2, -0.15) is 0 Å². The van der Waals surface area contributed by atoms with E-state index in [4.69, 9.17) is 14.2 Å². The lowest BCUT2D eigenvalue weighted by Gasteiger charge is -2.16. The van der Waals surface area contributed by atoms with Crippen molar-refractivity contribution in [2.75, 3.05) is 0 Å². The summed E-state index contributed by atoms with van der Waals surface area (Å²) in [5.74, 6) is -2.43. The summed E-state index contributed by atoms with van der Waals surface area (Å²) in [4.78, 5) is 39.2. The molecule has 0 saturated carbocycles. The lowest BCUT2D eigenvalue weighted by Crippen LogP contribution is -2.16. The van der Waals surface area contributed by atoms with Crippen LogP contribution in [-0.2, 0) is 10.1 Å². The van der Waals surface area contributed by atoms with Crippen LogP contribution in [-0.4, -0.2) is 30.9 Å². The van der Waals surface area contributed by atoms with Gasteiger partial charge in [0.25, 0.3) is 0 Å². The van der Waals surface area contributed by atoms with E-state index in [1.807, 2.05) is 57.3 Å². The highest BCUT2D eigenvalue weighted by atomic mass is 127. The molecule has 4 aromatic rings. The standard InChI is InChI=1S/C28H14I6O9S/c1-12-22(42-26(35)13-2-4-15(29)5-3-13)6-14(7-23(12)43-28(37)24-18(31)8-16(30)9-19(24)32)27(36)41-17-10-20(33)25(21(34)11-17)44(38,39)40/h2-11H,1H3,(H,38,39,40)/p-1. The fourth-order valence-corrected chi connectivity index (χ4v) is 11.9. The van der Waals surface area contributed by atoms with Crippen molar-refractivity contribution in [2.24, 2.45) is 0 Å². The molecule has 0 heterocycles. The topological polar surface area (TPSA) is 136 Å². The Morgan fingerprint density at radius 2 is 1.09 bits per heavy atom. The summed E-state index contributed by atoms with van der Waals surface area (Å²) in [6.45, 7) is 1.57. The maximum Gasteiger partial charge on any atom is 0.345 e. The van der Waals surface area contributed by atoms with Crippen molar-refractivity contribution in [3.8, 4) is 17.2 Å². The smallest absolute Gasteiger partial charge is 0.345 e. The minimum absolute atomic E-state index is 0.0317. The van der Waals surface area contributed by atoms with E-state index >= 15 is 0 Å².